The summed E-state index contributed by atoms with van der Waals surface area (Å²) in [5, 5.41) is 0. The van der Waals surface area contributed by atoms with E-state index >= 15 is 0 Å². The Morgan fingerprint density at radius 1 is 1.25 bits per heavy atom. The van der Waals surface area contributed by atoms with Gasteiger partial charge < -0.3 is 15.4 Å². The molecule has 1 aromatic carbocycles. The summed E-state index contributed by atoms with van der Waals surface area (Å²) in [5.74, 6) is 1.80. The highest BCUT2D eigenvalue weighted by atomic mass is 16.5. The molecule has 0 fully saturated rings. The van der Waals surface area contributed by atoms with Crippen LogP contribution in [0.1, 0.15) is 24.1 Å². The van der Waals surface area contributed by atoms with E-state index in [0.717, 1.165) is 23.7 Å². The van der Waals surface area contributed by atoms with E-state index in [1.54, 1.807) is 13.3 Å². The van der Waals surface area contributed by atoms with Crippen LogP contribution in [0.4, 0.5) is 5.82 Å². The van der Waals surface area contributed by atoms with E-state index in [2.05, 4.69) is 22.0 Å². The minimum absolute atomic E-state index is 0.0305. The summed E-state index contributed by atoms with van der Waals surface area (Å²) in [5.41, 5.74) is 8.26. The first-order valence-corrected chi connectivity index (χ1v) is 6.66. The molecule has 4 nitrogen and oxygen atoms in total. The topological polar surface area (TPSA) is 51.4 Å². The summed E-state index contributed by atoms with van der Waals surface area (Å²) in [4.78, 5) is 6.56. The van der Waals surface area contributed by atoms with E-state index in [9.17, 15) is 0 Å². The van der Waals surface area contributed by atoms with Crippen LogP contribution in [-0.2, 0) is 6.54 Å². The molecule has 1 heterocycles. The Kier molecular flexibility index (Phi) is 4.58. The highest BCUT2D eigenvalue weighted by Crippen LogP contribution is 2.23. The third kappa shape index (κ3) is 3.27. The van der Waals surface area contributed by atoms with Gasteiger partial charge in [0.2, 0.25) is 0 Å². The molecule has 2 aromatic rings. The number of anilines is 1. The molecule has 1 unspecified atom stereocenters. The molecule has 4 heteroatoms. The van der Waals surface area contributed by atoms with Gasteiger partial charge in [0.1, 0.15) is 11.6 Å². The van der Waals surface area contributed by atoms with Crippen molar-refractivity contribution < 1.29 is 4.74 Å². The highest BCUT2D eigenvalue weighted by Gasteiger charge is 2.12. The summed E-state index contributed by atoms with van der Waals surface area (Å²) in [7, 11) is 3.70. The van der Waals surface area contributed by atoms with Gasteiger partial charge in [-0.05, 0) is 30.7 Å². The van der Waals surface area contributed by atoms with Crippen molar-refractivity contribution in [2.45, 2.75) is 19.5 Å². The van der Waals surface area contributed by atoms with Gasteiger partial charge >= 0.3 is 0 Å². The van der Waals surface area contributed by atoms with Crippen molar-refractivity contribution in [3.63, 3.8) is 0 Å². The third-order valence-corrected chi connectivity index (χ3v) is 3.25. The number of methoxy groups -OCH3 is 1. The van der Waals surface area contributed by atoms with Gasteiger partial charge in [0.25, 0.3) is 0 Å². The van der Waals surface area contributed by atoms with E-state index in [1.165, 1.54) is 5.56 Å². The molecule has 0 amide bonds. The molecule has 106 valence electrons. The first-order chi connectivity index (χ1) is 9.61. The molecule has 0 aliphatic rings. The van der Waals surface area contributed by atoms with Crippen molar-refractivity contribution >= 4 is 5.82 Å². The Bertz CT molecular complexity index is 552. The van der Waals surface area contributed by atoms with Crippen LogP contribution in [0.5, 0.6) is 5.75 Å². The summed E-state index contributed by atoms with van der Waals surface area (Å²) in [6, 6.07) is 12.0. The maximum absolute atomic E-state index is 6.00. The predicted octanol–water partition coefficient (Wildman–Crippen LogP) is 2.75. The molecule has 0 aliphatic carbocycles. The lowest BCUT2D eigenvalue weighted by Gasteiger charge is -2.22. The highest BCUT2D eigenvalue weighted by molar-refractivity contribution is 5.48. The lowest BCUT2D eigenvalue weighted by molar-refractivity contribution is 0.414. The van der Waals surface area contributed by atoms with E-state index < -0.39 is 0 Å². The standard InChI is InChI=1S/C16H21N3O/c1-12(17)15-5-4-10-18-16(15)19(2)11-13-6-8-14(20-3)9-7-13/h4-10,12H,11,17H2,1-3H3. The minimum Gasteiger partial charge on any atom is -0.497 e. The molecule has 0 saturated carbocycles. The SMILES string of the molecule is COc1ccc(CN(C)c2ncccc2C(C)N)cc1. The molecule has 1 aromatic heterocycles. The number of aromatic nitrogens is 1. The van der Waals surface area contributed by atoms with Crippen LogP contribution in [0.15, 0.2) is 42.6 Å². The maximum atomic E-state index is 6.00. The Hall–Kier alpha value is -2.07. The van der Waals surface area contributed by atoms with Gasteiger partial charge in [-0.3, -0.25) is 0 Å². The zero-order chi connectivity index (χ0) is 14.5. The zero-order valence-electron chi connectivity index (χ0n) is 12.2. The van der Waals surface area contributed by atoms with E-state index in [-0.39, 0.29) is 6.04 Å². The average molecular weight is 271 g/mol. The quantitative estimate of drug-likeness (QED) is 0.908. The number of rotatable bonds is 5. The normalized spacial score (nSPS) is 12.0. The second-order valence-corrected chi connectivity index (χ2v) is 4.91. The number of nitrogens with zero attached hydrogens (tertiary/aromatic N) is 2. The number of nitrogens with two attached hydrogens (primary N) is 1. The zero-order valence-corrected chi connectivity index (χ0v) is 12.2. The van der Waals surface area contributed by atoms with Crippen molar-refractivity contribution in [3.05, 3.63) is 53.7 Å². The van der Waals surface area contributed by atoms with Crippen molar-refractivity contribution in [3.8, 4) is 5.75 Å². The number of ether oxygens (including phenoxy) is 1. The van der Waals surface area contributed by atoms with Crippen LogP contribution < -0.4 is 15.4 Å². The average Bonchev–Trinajstić information content (AvgIpc) is 2.48. The fourth-order valence-electron chi connectivity index (χ4n) is 2.16. The molecule has 2 N–H and O–H groups in total. The molecule has 1 atom stereocenters. The second-order valence-electron chi connectivity index (χ2n) is 4.91. The summed E-state index contributed by atoms with van der Waals surface area (Å²) in [6.45, 7) is 2.75. The Morgan fingerprint density at radius 2 is 1.95 bits per heavy atom. The van der Waals surface area contributed by atoms with Crippen LogP contribution in [0, 0.1) is 0 Å². The van der Waals surface area contributed by atoms with Crippen LogP contribution in [0.3, 0.4) is 0 Å². The Labute approximate surface area is 120 Å². The number of benzene rings is 1. The predicted molar refractivity (Wildman–Crippen MR) is 81.9 cm³/mol. The van der Waals surface area contributed by atoms with Crippen LogP contribution in [0.2, 0.25) is 0 Å². The largest absolute Gasteiger partial charge is 0.497 e. The van der Waals surface area contributed by atoms with Crippen molar-refractivity contribution in [2.75, 3.05) is 19.1 Å². The summed E-state index contributed by atoms with van der Waals surface area (Å²) in [6.07, 6.45) is 1.80. The number of hydrogen-bond donors (Lipinski definition) is 1. The van der Waals surface area contributed by atoms with Crippen molar-refractivity contribution in [1.29, 1.82) is 0 Å². The monoisotopic (exact) mass is 271 g/mol. The van der Waals surface area contributed by atoms with Gasteiger partial charge in [0.15, 0.2) is 0 Å². The van der Waals surface area contributed by atoms with Crippen LogP contribution >= 0.6 is 0 Å². The third-order valence-electron chi connectivity index (χ3n) is 3.25. The molecular formula is C16H21N3O. The first-order valence-electron chi connectivity index (χ1n) is 6.66. The van der Waals surface area contributed by atoms with Crippen molar-refractivity contribution in [2.24, 2.45) is 5.73 Å². The number of pyridine rings is 1. The summed E-state index contributed by atoms with van der Waals surface area (Å²) >= 11 is 0. The smallest absolute Gasteiger partial charge is 0.133 e. The molecule has 0 saturated heterocycles. The van der Waals surface area contributed by atoms with E-state index in [4.69, 9.17) is 10.5 Å². The van der Waals surface area contributed by atoms with E-state index in [1.807, 2.05) is 38.2 Å². The van der Waals surface area contributed by atoms with Gasteiger partial charge in [0.05, 0.1) is 7.11 Å². The number of hydrogen-bond acceptors (Lipinski definition) is 4. The second kappa shape index (κ2) is 6.39. The lowest BCUT2D eigenvalue weighted by atomic mass is 10.1. The van der Waals surface area contributed by atoms with Gasteiger partial charge in [-0.1, -0.05) is 18.2 Å². The molecule has 0 radical (unpaired) electrons. The van der Waals surface area contributed by atoms with Crippen molar-refractivity contribution in [1.82, 2.24) is 4.98 Å². The van der Waals surface area contributed by atoms with Gasteiger partial charge in [-0.2, -0.15) is 0 Å². The Morgan fingerprint density at radius 3 is 2.55 bits per heavy atom. The molecule has 0 spiro atoms. The fraction of sp³-hybridized carbons (Fsp3) is 0.312. The lowest BCUT2D eigenvalue weighted by Crippen LogP contribution is -2.21. The van der Waals surface area contributed by atoms with Gasteiger partial charge in [0, 0.05) is 31.4 Å². The first kappa shape index (κ1) is 14.3. The Balaban J connectivity index is 2.17. The summed E-state index contributed by atoms with van der Waals surface area (Å²) < 4.78 is 5.17. The molecular weight excluding hydrogens is 250 g/mol. The van der Waals surface area contributed by atoms with Gasteiger partial charge in [-0.15, -0.1) is 0 Å². The van der Waals surface area contributed by atoms with Gasteiger partial charge in [-0.25, -0.2) is 4.98 Å². The molecule has 0 bridgehead atoms. The molecule has 0 aliphatic heterocycles. The van der Waals surface area contributed by atoms with Crippen LogP contribution in [-0.4, -0.2) is 19.1 Å². The van der Waals surface area contributed by atoms with Crippen LogP contribution in [0.25, 0.3) is 0 Å². The molecule has 20 heavy (non-hydrogen) atoms. The van der Waals surface area contributed by atoms with E-state index in [0.29, 0.717) is 0 Å². The maximum Gasteiger partial charge on any atom is 0.133 e. The minimum atomic E-state index is -0.0305. The molecule has 2 rings (SSSR count). The fourth-order valence-corrected chi connectivity index (χ4v) is 2.16.